The van der Waals surface area contributed by atoms with Gasteiger partial charge in [-0.05, 0) is 30.2 Å². The van der Waals surface area contributed by atoms with Crippen molar-refractivity contribution >= 4 is 34.7 Å². The van der Waals surface area contributed by atoms with E-state index in [2.05, 4.69) is 20.0 Å². The molecule has 1 N–H and O–H groups in total. The molecule has 0 unspecified atom stereocenters. The molecule has 1 saturated heterocycles. The van der Waals surface area contributed by atoms with E-state index in [-0.39, 0.29) is 0 Å². The number of halogens is 2. The van der Waals surface area contributed by atoms with Gasteiger partial charge in [0, 0.05) is 41.9 Å². The molecule has 0 spiro atoms. The minimum Gasteiger partial charge on any atom is -0.355 e. The minimum absolute atomic E-state index is 0.393. The van der Waals surface area contributed by atoms with E-state index in [1.165, 1.54) is 0 Å². The molecule has 6 heteroatoms. The van der Waals surface area contributed by atoms with Gasteiger partial charge in [-0.3, -0.25) is 4.98 Å². The van der Waals surface area contributed by atoms with Crippen molar-refractivity contribution < 1.29 is 0 Å². The van der Waals surface area contributed by atoms with E-state index < -0.39 is 0 Å². The predicted octanol–water partition coefficient (Wildman–Crippen LogP) is 4.31. The Morgan fingerprint density at radius 2 is 2.17 bits per heavy atom. The maximum Gasteiger partial charge on any atom is 0.205 e. The Morgan fingerprint density at radius 3 is 2.87 bits per heavy atom. The highest BCUT2D eigenvalue weighted by atomic mass is 35.5. The van der Waals surface area contributed by atoms with Gasteiger partial charge in [-0.15, -0.1) is 0 Å². The molecule has 1 aliphatic rings. The molecule has 3 rings (SSSR count). The van der Waals surface area contributed by atoms with Crippen molar-refractivity contribution in [2.75, 3.05) is 18.0 Å². The zero-order valence-corrected chi connectivity index (χ0v) is 14.0. The number of anilines is 1. The highest BCUT2D eigenvalue weighted by molar-refractivity contribution is 6.35. The molecule has 0 saturated carbocycles. The molecule has 23 heavy (non-hydrogen) atoms. The fourth-order valence-corrected chi connectivity index (χ4v) is 3.16. The van der Waals surface area contributed by atoms with E-state index in [0.29, 0.717) is 21.8 Å². The van der Waals surface area contributed by atoms with Gasteiger partial charge in [-0.1, -0.05) is 35.3 Å². The number of nitrogens with one attached hydrogen (secondary N) is 1. The maximum atomic E-state index is 6.97. The second kappa shape index (κ2) is 7.18. The summed E-state index contributed by atoms with van der Waals surface area (Å²) >= 11 is 12.1. The molecule has 0 amide bonds. The van der Waals surface area contributed by atoms with Crippen molar-refractivity contribution in [1.82, 2.24) is 10.3 Å². The summed E-state index contributed by atoms with van der Waals surface area (Å²) in [6.45, 7) is 9.54. The SMILES string of the molecule is [C-]#[N+]c1ccc(N2CC[C@@H](NCc3ccc(Cl)cc3Cl)C2)nc1. The molecule has 0 bridgehead atoms. The molecule has 1 aromatic carbocycles. The van der Waals surface area contributed by atoms with E-state index >= 15 is 0 Å². The van der Waals surface area contributed by atoms with Crippen LogP contribution in [-0.2, 0) is 6.54 Å². The van der Waals surface area contributed by atoms with Crippen LogP contribution in [0.5, 0.6) is 0 Å². The number of aromatic nitrogens is 1. The minimum atomic E-state index is 0.393. The third-order valence-electron chi connectivity index (χ3n) is 3.97. The smallest absolute Gasteiger partial charge is 0.205 e. The Hall–Kier alpha value is -1.80. The molecular weight excluding hydrogens is 331 g/mol. The summed E-state index contributed by atoms with van der Waals surface area (Å²) in [5, 5.41) is 4.88. The summed E-state index contributed by atoms with van der Waals surface area (Å²) in [5.41, 5.74) is 1.62. The van der Waals surface area contributed by atoms with Crippen LogP contribution in [0.3, 0.4) is 0 Å². The van der Waals surface area contributed by atoms with Crippen molar-refractivity contribution in [3.05, 3.63) is 63.6 Å². The first-order valence-electron chi connectivity index (χ1n) is 7.41. The van der Waals surface area contributed by atoms with Crippen LogP contribution in [0.1, 0.15) is 12.0 Å². The summed E-state index contributed by atoms with van der Waals surface area (Å²) in [7, 11) is 0. The van der Waals surface area contributed by atoms with Crippen LogP contribution in [0.25, 0.3) is 4.85 Å². The zero-order chi connectivity index (χ0) is 16.2. The molecule has 1 fully saturated rings. The average Bonchev–Trinajstić information content (AvgIpc) is 3.03. The number of rotatable bonds is 4. The lowest BCUT2D eigenvalue weighted by atomic mass is 10.2. The Bertz CT molecular complexity index is 724. The maximum absolute atomic E-state index is 6.97. The lowest BCUT2D eigenvalue weighted by molar-refractivity contribution is 0.551. The van der Waals surface area contributed by atoms with Crippen molar-refractivity contribution in [3.8, 4) is 0 Å². The van der Waals surface area contributed by atoms with Gasteiger partial charge in [0.1, 0.15) is 5.82 Å². The second-order valence-electron chi connectivity index (χ2n) is 5.53. The van der Waals surface area contributed by atoms with Gasteiger partial charge in [0.25, 0.3) is 0 Å². The normalized spacial score (nSPS) is 17.3. The summed E-state index contributed by atoms with van der Waals surface area (Å²) in [6.07, 6.45) is 2.67. The van der Waals surface area contributed by atoms with Gasteiger partial charge < -0.3 is 10.2 Å². The lowest BCUT2D eigenvalue weighted by Gasteiger charge is -2.18. The third kappa shape index (κ3) is 3.94. The largest absolute Gasteiger partial charge is 0.355 e. The molecular formula is C17H16Cl2N4. The van der Waals surface area contributed by atoms with Crippen LogP contribution >= 0.6 is 23.2 Å². The van der Waals surface area contributed by atoms with E-state index in [1.807, 2.05) is 24.3 Å². The third-order valence-corrected chi connectivity index (χ3v) is 4.56. The highest BCUT2D eigenvalue weighted by Crippen LogP contribution is 2.23. The fourth-order valence-electron chi connectivity index (χ4n) is 2.69. The Labute approximate surface area is 145 Å². The quantitative estimate of drug-likeness (QED) is 0.837. The second-order valence-corrected chi connectivity index (χ2v) is 6.38. The monoisotopic (exact) mass is 346 g/mol. The molecule has 118 valence electrons. The molecule has 1 aromatic heterocycles. The number of benzene rings is 1. The van der Waals surface area contributed by atoms with Crippen LogP contribution in [0.4, 0.5) is 11.5 Å². The Kier molecular flexibility index (Phi) is 5.02. The fraction of sp³-hybridized carbons (Fsp3) is 0.294. The number of nitrogens with zero attached hydrogens (tertiary/aromatic N) is 3. The van der Waals surface area contributed by atoms with Crippen molar-refractivity contribution in [3.63, 3.8) is 0 Å². The van der Waals surface area contributed by atoms with Gasteiger partial charge in [0.2, 0.25) is 5.69 Å². The van der Waals surface area contributed by atoms with Crippen LogP contribution in [0.15, 0.2) is 36.5 Å². The standard InChI is InChI=1S/C17H16Cl2N4/c1-20-14-4-5-17(22-10-14)23-7-6-15(11-23)21-9-12-2-3-13(18)8-16(12)19/h2-5,8,10,15,21H,6-7,9,11H2/t15-/m1/s1. The average molecular weight is 347 g/mol. The molecule has 2 heterocycles. The van der Waals surface area contributed by atoms with Crippen LogP contribution in [0, 0.1) is 6.57 Å². The van der Waals surface area contributed by atoms with Crippen molar-refractivity contribution in [2.45, 2.75) is 19.0 Å². The number of hydrogen-bond acceptors (Lipinski definition) is 3. The first kappa shape index (κ1) is 16.1. The highest BCUT2D eigenvalue weighted by Gasteiger charge is 2.23. The van der Waals surface area contributed by atoms with Crippen LogP contribution in [0.2, 0.25) is 10.0 Å². The van der Waals surface area contributed by atoms with Gasteiger partial charge in [0.15, 0.2) is 0 Å². The Morgan fingerprint density at radius 1 is 1.30 bits per heavy atom. The van der Waals surface area contributed by atoms with Gasteiger partial charge in [-0.2, -0.15) is 0 Å². The Balaban J connectivity index is 1.56. The topological polar surface area (TPSA) is 32.5 Å². The molecule has 0 radical (unpaired) electrons. The first-order chi connectivity index (χ1) is 11.2. The summed E-state index contributed by atoms with van der Waals surface area (Å²) < 4.78 is 0. The predicted molar refractivity (Wildman–Crippen MR) is 94.4 cm³/mol. The van der Waals surface area contributed by atoms with E-state index in [9.17, 15) is 0 Å². The summed E-state index contributed by atoms with van der Waals surface area (Å²) in [5.74, 6) is 0.922. The van der Waals surface area contributed by atoms with Crippen LogP contribution < -0.4 is 10.2 Å². The zero-order valence-electron chi connectivity index (χ0n) is 12.5. The van der Waals surface area contributed by atoms with Gasteiger partial charge >= 0.3 is 0 Å². The first-order valence-corrected chi connectivity index (χ1v) is 8.17. The number of pyridine rings is 1. The van der Waals surface area contributed by atoms with Crippen molar-refractivity contribution in [1.29, 1.82) is 0 Å². The molecule has 4 nitrogen and oxygen atoms in total. The van der Waals surface area contributed by atoms with E-state index in [0.717, 1.165) is 37.4 Å². The van der Waals surface area contributed by atoms with E-state index in [4.69, 9.17) is 29.8 Å². The number of hydrogen-bond donors (Lipinski definition) is 1. The molecule has 2 aromatic rings. The molecule has 0 aliphatic carbocycles. The summed E-state index contributed by atoms with van der Waals surface area (Å²) in [4.78, 5) is 9.95. The molecule has 1 aliphatic heterocycles. The van der Waals surface area contributed by atoms with Crippen molar-refractivity contribution in [2.24, 2.45) is 0 Å². The van der Waals surface area contributed by atoms with E-state index in [1.54, 1.807) is 12.3 Å². The van der Waals surface area contributed by atoms with Crippen LogP contribution in [-0.4, -0.2) is 24.1 Å². The summed E-state index contributed by atoms with van der Waals surface area (Å²) in [6, 6.07) is 9.69. The van der Waals surface area contributed by atoms with Gasteiger partial charge in [-0.25, -0.2) is 4.85 Å². The molecule has 1 atom stereocenters. The lowest BCUT2D eigenvalue weighted by Crippen LogP contribution is -2.32. The van der Waals surface area contributed by atoms with Gasteiger partial charge in [0.05, 0.1) is 6.57 Å².